The van der Waals surface area contributed by atoms with Crippen molar-refractivity contribution in [2.24, 2.45) is 5.73 Å². The Labute approximate surface area is 232 Å². The first-order valence-corrected chi connectivity index (χ1v) is 13.7. The number of likely N-dealkylation sites (N-methyl/N-ethyl adjacent to an activating group) is 1. The third-order valence-electron chi connectivity index (χ3n) is 7.40. The minimum Gasteiger partial charge on any atom is -0.471 e. The predicted molar refractivity (Wildman–Crippen MR) is 158 cm³/mol. The fourth-order valence-electron chi connectivity index (χ4n) is 5.04. The average molecular weight is 527 g/mol. The molecule has 1 heterocycles. The second-order valence-corrected chi connectivity index (χ2v) is 10.6. The number of fused-ring (bicyclic) bond motifs is 1. The largest absolute Gasteiger partial charge is 0.471 e. The predicted octanol–water partition coefficient (Wildman–Crippen LogP) is 6.19. The van der Waals surface area contributed by atoms with Crippen molar-refractivity contribution in [2.45, 2.75) is 32.2 Å². The zero-order valence-electron chi connectivity index (χ0n) is 23.5. The molecule has 0 aliphatic rings. The molecule has 1 amide bonds. The van der Waals surface area contributed by atoms with E-state index >= 15 is 0 Å². The lowest BCUT2D eigenvalue weighted by Gasteiger charge is -2.38. The number of aryl methyl sites for hydroxylation is 1. The molecule has 0 aliphatic heterocycles. The topological polar surface area (TPSA) is 74.4 Å². The van der Waals surface area contributed by atoms with Gasteiger partial charge in [-0.1, -0.05) is 67.9 Å². The minimum absolute atomic E-state index is 0.00340. The van der Waals surface area contributed by atoms with Gasteiger partial charge in [0.05, 0.1) is 14.1 Å². The molecule has 0 spiro atoms. The van der Waals surface area contributed by atoms with E-state index in [4.69, 9.17) is 20.2 Å². The monoisotopic (exact) mass is 526 g/mol. The Balaban J connectivity index is 1.61. The lowest BCUT2D eigenvalue weighted by atomic mass is 9.91. The highest BCUT2D eigenvalue weighted by molar-refractivity contribution is 5.94. The van der Waals surface area contributed by atoms with Crippen LogP contribution in [-0.4, -0.2) is 56.3 Å². The van der Waals surface area contributed by atoms with Gasteiger partial charge in [-0.15, -0.1) is 0 Å². The number of aromatic nitrogens is 1. The van der Waals surface area contributed by atoms with Crippen LogP contribution in [-0.2, 0) is 11.2 Å². The molecule has 0 bridgehead atoms. The van der Waals surface area contributed by atoms with Gasteiger partial charge in [0, 0.05) is 29.3 Å². The Bertz CT molecular complexity index is 1400. The van der Waals surface area contributed by atoms with Crippen LogP contribution in [0.15, 0.2) is 78.9 Å². The molecule has 1 aromatic heterocycles. The second-order valence-electron chi connectivity index (χ2n) is 10.6. The van der Waals surface area contributed by atoms with Crippen LogP contribution in [0.2, 0.25) is 0 Å². The SMILES string of the molecule is CCCCc1cc2ccccc2c(OCC[N+](C)(C)[C@@H](COC)c2ccc(C(N)=O)cc2-c2ccccc2)n1. The highest BCUT2D eigenvalue weighted by Crippen LogP contribution is 2.35. The van der Waals surface area contributed by atoms with E-state index < -0.39 is 5.91 Å². The van der Waals surface area contributed by atoms with E-state index in [1.54, 1.807) is 13.2 Å². The van der Waals surface area contributed by atoms with E-state index in [1.807, 2.05) is 36.4 Å². The van der Waals surface area contributed by atoms with Gasteiger partial charge in [0.1, 0.15) is 25.8 Å². The summed E-state index contributed by atoms with van der Waals surface area (Å²) < 4.78 is 12.7. The minimum atomic E-state index is -0.440. The zero-order valence-corrected chi connectivity index (χ0v) is 23.5. The van der Waals surface area contributed by atoms with Gasteiger partial charge in [-0.2, -0.15) is 0 Å². The molecular formula is C33H40N3O3+. The molecule has 0 saturated heterocycles. The summed E-state index contributed by atoms with van der Waals surface area (Å²) in [6.45, 7) is 3.94. The number of ether oxygens (including phenoxy) is 2. The van der Waals surface area contributed by atoms with Crippen LogP contribution in [0, 0.1) is 0 Å². The molecule has 0 aliphatic carbocycles. The van der Waals surface area contributed by atoms with Crippen molar-refractivity contribution in [1.82, 2.24) is 4.98 Å². The maximum Gasteiger partial charge on any atom is 0.248 e. The van der Waals surface area contributed by atoms with Gasteiger partial charge >= 0.3 is 0 Å². The number of methoxy groups -OCH3 is 1. The van der Waals surface area contributed by atoms with E-state index in [2.05, 4.69) is 57.4 Å². The quantitative estimate of drug-likeness (QED) is 0.211. The maximum absolute atomic E-state index is 12.0. The van der Waals surface area contributed by atoms with Gasteiger partial charge in [-0.05, 0) is 53.6 Å². The molecule has 0 fully saturated rings. The highest BCUT2D eigenvalue weighted by atomic mass is 16.5. The van der Waals surface area contributed by atoms with E-state index in [9.17, 15) is 4.79 Å². The number of hydrogen-bond donors (Lipinski definition) is 1. The van der Waals surface area contributed by atoms with Gasteiger partial charge in [0.15, 0.2) is 0 Å². The number of rotatable bonds is 13. The fourth-order valence-corrected chi connectivity index (χ4v) is 5.04. The number of nitrogens with two attached hydrogens (primary N) is 1. The molecule has 204 valence electrons. The zero-order chi connectivity index (χ0) is 27.8. The Morgan fingerprint density at radius 2 is 1.74 bits per heavy atom. The van der Waals surface area contributed by atoms with E-state index in [1.165, 1.54) is 0 Å². The van der Waals surface area contributed by atoms with Crippen molar-refractivity contribution in [3.05, 3.63) is 95.7 Å². The molecule has 4 aromatic rings. The van der Waals surface area contributed by atoms with E-state index in [0.717, 1.165) is 59.0 Å². The summed E-state index contributed by atoms with van der Waals surface area (Å²) in [5.41, 5.74) is 10.3. The normalized spacial score (nSPS) is 12.4. The number of carbonyl (C=O) groups excluding carboxylic acids is 1. The summed E-state index contributed by atoms with van der Waals surface area (Å²) in [5.74, 6) is 0.253. The van der Waals surface area contributed by atoms with Crippen LogP contribution >= 0.6 is 0 Å². The molecule has 0 unspecified atom stereocenters. The molecule has 39 heavy (non-hydrogen) atoms. The van der Waals surface area contributed by atoms with Crippen molar-refractivity contribution < 1.29 is 18.8 Å². The lowest BCUT2D eigenvalue weighted by molar-refractivity contribution is -0.921. The van der Waals surface area contributed by atoms with Crippen molar-refractivity contribution in [3.63, 3.8) is 0 Å². The first kappa shape index (κ1) is 28.3. The number of primary amides is 1. The first-order chi connectivity index (χ1) is 18.8. The van der Waals surface area contributed by atoms with Gasteiger partial charge in [0.2, 0.25) is 11.8 Å². The first-order valence-electron chi connectivity index (χ1n) is 13.7. The summed E-state index contributed by atoms with van der Waals surface area (Å²) in [4.78, 5) is 16.9. The molecular weight excluding hydrogens is 486 g/mol. The number of hydrogen-bond acceptors (Lipinski definition) is 4. The molecule has 6 heteroatoms. The van der Waals surface area contributed by atoms with Gasteiger partial charge in [-0.3, -0.25) is 4.79 Å². The molecule has 0 saturated carbocycles. The Hall–Kier alpha value is -3.74. The lowest BCUT2D eigenvalue weighted by Crippen LogP contribution is -2.47. The molecule has 3 aromatic carbocycles. The van der Waals surface area contributed by atoms with E-state index in [0.29, 0.717) is 29.1 Å². The van der Waals surface area contributed by atoms with Crippen LogP contribution in [0.5, 0.6) is 5.88 Å². The molecule has 4 rings (SSSR count). The summed E-state index contributed by atoms with van der Waals surface area (Å²) in [5, 5.41) is 2.19. The van der Waals surface area contributed by atoms with Crippen LogP contribution in [0.4, 0.5) is 0 Å². The summed E-state index contributed by atoms with van der Waals surface area (Å²) in [6.07, 6.45) is 3.17. The average Bonchev–Trinajstić information content (AvgIpc) is 2.94. The van der Waals surface area contributed by atoms with Gasteiger partial charge < -0.3 is 19.7 Å². The Morgan fingerprint density at radius 1 is 1.00 bits per heavy atom. The Kier molecular flexibility index (Phi) is 9.33. The second kappa shape index (κ2) is 12.9. The highest BCUT2D eigenvalue weighted by Gasteiger charge is 2.32. The number of benzene rings is 3. The maximum atomic E-state index is 12.0. The van der Waals surface area contributed by atoms with Crippen LogP contribution in [0.1, 0.15) is 47.4 Å². The van der Waals surface area contributed by atoms with E-state index in [-0.39, 0.29) is 6.04 Å². The summed E-state index contributed by atoms with van der Waals surface area (Å²) in [6, 6.07) is 26.3. The van der Waals surface area contributed by atoms with Crippen LogP contribution < -0.4 is 10.5 Å². The summed E-state index contributed by atoms with van der Waals surface area (Å²) >= 11 is 0. The molecule has 2 N–H and O–H groups in total. The van der Waals surface area contributed by atoms with Crippen LogP contribution in [0.3, 0.4) is 0 Å². The van der Waals surface area contributed by atoms with Crippen LogP contribution in [0.25, 0.3) is 21.9 Å². The molecule has 1 atom stereocenters. The fraction of sp³-hybridized carbons (Fsp3) is 0.333. The van der Waals surface area contributed by atoms with Crippen molar-refractivity contribution in [3.8, 4) is 17.0 Å². The van der Waals surface area contributed by atoms with Gasteiger partial charge in [-0.25, -0.2) is 4.98 Å². The van der Waals surface area contributed by atoms with Crippen molar-refractivity contribution in [1.29, 1.82) is 0 Å². The number of nitrogens with zero attached hydrogens (tertiary/aromatic N) is 2. The number of unbranched alkanes of at least 4 members (excludes halogenated alkanes) is 1. The molecule has 0 radical (unpaired) electrons. The number of amides is 1. The molecule has 6 nitrogen and oxygen atoms in total. The number of carbonyl (C=O) groups is 1. The number of pyridine rings is 1. The smallest absolute Gasteiger partial charge is 0.248 e. The van der Waals surface area contributed by atoms with Crippen molar-refractivity contribution >= 4 is 16.7 Å². The van der Waals surface area contributed by atoms with Gasteiger partial charge in [0.25, 0.3) is 0 Å². The standard InChI is InChI=1S/C33H39N3O3/c1-5-6-15-27-21-25-14-10-11-16-28(25)33(35-27)39-20-19-36(2,3)31(23-38-4)29-18-17-26(32(34)37)22-30(29)24-12-8-7-9-13-24/h7-14,16-18,21-22,31H,5-6,15,19-20,23H2,1-4H3,(H-,34,37)/p+1/t31-/m0/s1. The Morgan fingerprint density at radius 3 is 2.46 bits per heavy atom. The van der Waals surface area contributed by atoms with Crippen molar-refractivity contribution in [2.75, 3.05) is 41.0 Å². The third kappa shape index (κ3) is 6.83. The summed E-state index contributed by atoms with van der Waals surface area (Å²) in [7, 11) is 6.10. The third-order valence-corrected chi connectivity index (χ3v) is 7.40. The number of quaternary nitrogens is 1.